The molecule has 4 rings (SSSR count). The summed E-state index contributed by atoms with van der Waals surface area (Å²) in [4.78, 5) is 16.8. The molecule has 0 bridgehead atoms. The summed E-state index contributed by atoms with van der Waals surface area (Å²) in [5.41, 5.74) is 1.29. The van der Waals surface area contributed by atoms with Gasteiger partial charge in [0.15, 0.2) is 6.61 Å². The minimum atomic E-state index is 0.0523. The van der Waals surface area contributed by atoms with Crippen LogP contribution >= 0.6 is 15.9 Å². The fourth-order valence-corrected chi connectivity index (χ4v) is 3.76. The van der Waals surface area contributed by atoms with Gasteiger partial charge in [0.05, 0.1) is 0 Å². The quantitative estimate of drug-likeness (QED) is 0.594. The van der Waals surface area contributed by atoms with Crippen LogP contribution in [0.15, 0.2) is 71.2 Å². The molecule has 0 unspecified atom stereocenters. The van der Waals surface area contributed by atoms with Gasteiger partial charge in [-0.25, -0.2) is 0 Å². The van der Waals surface area contributed by atoms with E-state index in [-0.39, 0.29) is 12.5 Å². The van der Waals surface area contributed by atoms with Crippen LogP contribution in [0.25, 0.3) is 10.8 Å². The molecule has 28 heavy (non-hydrogen) atoms. The van der Waals surface area contributed by atoms with Gasteiger partial charge in [0.1, 0.15) is 5.75 Å². The van der Waals surface area contributed by atoms with Crippen molar-refractivity contribution in [3.63, 3.8) is 0 Å². The van der Waals surface area contributed by atoms with Crippen molar-refractivity contribution in [2.45, 2.75) is 6.54 Å². The molecule has 5 heteroatoms. The Morgan fingerprint density at radius 1 is 0.893 bits per heavy atom. The van der Waals surface area contributed by atoms with Crippen LogP contribution in [0.3, 0.4) is 0 Å². The summed E-state index contributed by atoms with van der Waals surface area (Å²) in [6.45, 7) is 4.27. The lowest BCUT2D eigenvalue weighted by Crippen LogP contribution is -2.49. The fourth-order valence-electron chi connectivity index (χ4n) is 3.50. The van der Waals surface area contributed by atoms with Crippen molar-refractivity contribution in [1.82, 2.24) is 9.80 Å². The number of piperazine rings is 1. The first-order valence-corrected chi connectivity index (χ1v) is 10.3. The number of carbonyl (C=O) groups is 1. The van der Waals surface area contributed by atoms with E-state index in [9.17, 15) is 4.79 Å². The summed E-state index contributed by atoms with van der Waals surface area (Å²) in [7, 11) is 0. The van der Waals surface area contributed by atoms with Gasteiger partial charge in [-0.2, -0.15) is 0 Å². The predicted molar refractivity (Wildman–Crippen MR) is 115 cm³/mol. The van der Waals surface area contributed by atoms with Crippen LogP contribution in [-0.2, 0) is 11.3 Å². The molecule has 1 heterocycles. The lowest BCUT2D eigenvalue weighted by atomic mass is 10.1. The van der Waals surface area contributed by atoms with Gasteiger partial charge in [0.25, 0.3) is 5.91 Å². The zero-order valence-corrected chi connectivity index (χ0v) is 17.3. The summed E-state index contributed by atoms with van der Waals surface area (Å²) in [5, 5.41) is 2.29. The standard InChI is InChI=1S/C23H23BrN2O2/c24-21-8-5-18(6-9-21)16-25-11-13-26(14-12-25)23(27)17-28-22-10-7-19-3-1-2-4-20(19)15-22/h1-10,15H,11-14,16-17H2. The summed E-state index contributed by atoms with van der Waals surface area (Å²) in [6.07, 6.45) is 0. The van der Waals surface area contributed by atoms with E-state index in [4.69, 9.17) is 4.74 Å². The molecule has 1 fully saturated rings. The summed E-state index contributed by atoms with van der Waals surface area (Å²) in [6, 6.07) is 22.5. The van der Waals surface area contributed by atoms with Gasteiger partial charge >= 0.3 is 0 Å². The van der Waals surface area contributed by atoms with Crippen molar-refractivity contribution in [3.05, 3.63) is 76.8 Å². The van der Waals surface area contributed by atoms with Crippen LogP contribution in [0.5, 0.6) is 5.75 Å². The Kier molecular flexibility index (Phi) is 5.93. The third-order valence-corrected chi connectivity index (χ3v) is 5.66. The van der Waals surface area contributed by atoms with Crippen molar-refractivity contribution in [3.8, 4) is 5.75 Å². The summed E-state index contributed by atoms with van der Waals surface area (Å²) in [5.74, 6) is 0.789. The highest BCUT2D eigenvalue weighted by Gasteiger charge is 2.21. The molecule has 0 radical (unpaired) electrons. The molecule has 0 saturated carbocycles. The SMILES string of the molecule is O=C(COc1ccc2ccccc2c1)N1CCN(Cc2ccc(Br)cc2)CC1. The van der Waals surface area contributed by atoms with Crippen LogP contribution in [0.2, 0.25) is 0 Å². The molecule has 0 N–H and O–H groups in total. The Morgan fingerprint density at radius 3 is 2.36 bits per heavy atom. The molecule has 0 aromatic heterocycles. The summed E-state index contributed by atoms with van der Waals surface area (Å²) < 4.78 is 6.85. The molecule has 0 spiro atoms. The van der Waals surface area contributed by atoms with Crippen LogP contribution in [0, 0.1) is 0 Å². The second kappa shape index (κ2) is 8.76. The number of ether oxygens (including phenoxy) is 1. The second-order valence-corrected chi connectivity index (χ2v) is 8.00. The first-order valence-electron chi connectivity index (χ1n) is 9.53. The Balaban J connectivity index is 1.26. The van der Waals surface area contributed by atoms with Crippen molar-refractivity contribution in [1.29, 1.82) is 0 Å². The molecule has 1 amide bonds. The molecule has 1 aliphatic rings. The highest BCUT2D eigenvalue weighted by molar-refractivity contribution is 9.10. The predicted octanol–water partition coefficient (Wildman–Crippen LogP) is 4.33. The van der Waals surface area contributed by atoms with Crippen molar-refractivity contribution in [2.75, 3.05) is 32.8 Å². The molecule has 4 nitrogen and oxygen atoms in total. The van der Waals surface area contributed by atoms with E-state index in [1.54, 1.807) is 0 Å². The molecular weight excluding hydrogens is 416 g/mol. The monoisotopic (exact) mass is 438 g/mol. The van der Waals surface area contributed by atoms with Crippen molar-refractivity contribution < 1.29 is 9.53 Å². The van der Waals surface area contributed by atoms with Gasteiger partial charge in [0.2, 0.25) is 0 Å². The number of nitrogens with zero attached hydrogens (tertiary/aromatic N) is 2. The number of benzene rings is 3. The molecule has 1 aliphatic heterocycles. The van der Waals surface area contributed by atoms with Crippen LogP contribution in [-0.4, -0.2) is 48.5 Å². The largest absolute Gasteiger partial charge is 0.484 e. The maximum Gasteiger partial charge on any atom is 0.260 e. The maximum atomic E-state index is 12.5. The first-order chi connectivity index (χ1) is 13.7. The van der Waals surface area contributed by atoms with Gasteiger partial charge in [-0.1, -0.05) is 58.4 Å². The average Bonchev–Trinajstić information content (AvgIpc) is 2.74. The number of hydrogen-bond donors (Lipinski definition) is 0. The Morgan fingerprint density at radius 2 is 1.61 bits per heavy atom. The van der Waals surface area contributed by atoms with Gasteiger partial charge < -0.3 is 9.64 Å². The topological polar surface area (TPSA) is 32.8 Å². The molecule has 3 aromatic rings. The lowest BCUT2D eigenvalue weighted by molar-refractivity contribution is -0.135. The number of rotatable bonds is 5. The van der Waals surface area contributed by atoms with E-state index in [0.717, 1.165) is 48.3 Å². The minimum Gasteiger partial charge on any atom is -0.484 e. The van der Waals surface area contributed by atoms with E-state index in [1.165, 1.54) is 10.9 Å². The normalized spacial score (nSPS) is 15.0. The number of amides is 1. The summed E-state index contributed by atoms with van der Waals surface area (Å²) >= 11 is 3.47. The van der Waals surface area contributed by atoms with Crippen LogP contribution < -0.4 is 4.74 Å². The van der Waals surface area contributed by atoms with E-state index in [2.05, 4.69) is 57.2 Å². The Hall–Kier alpha value is -2.37. The number of halogens is 1. The smallest absolute Gasteiger partial charge is 0.260 e. The number of fused-ring (bicyclic) bond motifs is 1. The van der Waals surface area contributed by atoms with Crippen molar-refractivity contribution >= 4 is 32.6 Å². The van der Waals surface area contributed by atoms with Gasteiger partial charge in [0, 0.05) is 37.2 Å². The third-order valence-electron chi connectivity index (χ3n) is 5.13. The van der Waals surface area contributed by atoms with Crippen LogP contribution in [0.4, 0.5) is 0 Å². The van der Waals surface area contributed by atoms with E-state index >= 15 is 0 Å². The van der Waals surface area contributed by atoms with Gasteiger partial charge in [-0.15, -0.1) is 0 Å². The van der Waals surface area contributed by atoms with E-state index < -0.39 is 0 Å². The highest BCUT2D eigenvalue weighted by Crippen LogP contribution is 2.20. The maximum absolute atomic E-state index is 12.5. The molecule has 0 atom stereocenters. The second-order valence-electron chi connectivity index (χ2n) is 7.08. The van der Waals surface area contributed by atoms with Crippen molar-refractivity contribution in [2.24, 2.45) is 0 Å². The Bertz CT molecular complexity index is 950. The van der Waals surface area contributed by atoms with Gasteiger partial charge in [-0.3, -0.25) is 9.69 Å². The Labute approximate surface area is 173 Å². The number of hydrogen-bond acceptors (Lipinski definition) is 3. The molecular formula is C23H23BrN2O2. The first kappa shape index (κ1) is 19.0. The third kappa shape index (κ3) is 4.72. The fraction of sp³-hybridized carbons (Fsp3) is 0.261. The van der Waals surface area contributed by atoms with Crippen LogP contribution in [0.1, 0.15) is 5.56 Å². The van der Waals surface area contributed by atoms with Gasteiger partial charge in [-0.05, 0) is 40.6 Å². The average molecular weight is 439 g/mol. The van der Waals surface area contributed by atoms with E-state index in [0.29, 0.717) is 0 Å². The zero-order chi connectivity index (χ0) is 19.3. The lowest BCUT2D eigenvalue weighted by Gasteiger charge is -2.34. The molecule has 3 aromatic carbocycles. The number of carbonyl (C=O) groups excluding carboxylic acids is 1. The van der Waals surface area contributed by atoms with E-state index in [1.807, 2.05) is 35.2 Å². The zero-order valence-electron chi connectivity index (χ0n) is 15.7. The molecule has 144 valence electrons. The molecule has 1 saturated heterocycles. The molecule has 0 aliphatic carbocycles. The highest BCUT2D eigenvalue weighted by atomic mass is 79.9. The minimum absolute atomic E-state index is 0.0523.